The Morgan fingerprint density at radius 2 is 1.81 bits per heavy atom. The minimum Gasteiger partial charge on any atom is -0.391 e. The Kier molecular flexibility index (Phi) is 6.37. The second-order valence-corrected chi connectivity index (χ2v) is 8.32. The van der Waals surface area contributed by atoms with Crippen LogP contribution in [0.15, 0.2) is 65.2 Å². The van der Waals surface area contributed by atoms with Crippen molar-refractivity contribution in [1.82, 2.24) is 15.0 Å². The highest BCUT2D eigenvalue weighted by atomic mass is 16.5. The highest BCUT2D eigenvalue weighted by molar-refractivity contribution is 5.89. The zero-order chi connectivity index (χ0) is 22.7. The first-order chi connectivity index (χ1) is 15.4. The number of β-amino-alcohol motifs (C(OH)–C–C–N with tert-alkyl or cyclic N) is 1. The number of likely N-dealkylation sites (N-methyl/N-ethyl adjacent to an activating group) is 1. The van der Waals surface area contributed by atoms with Crippen LogP contribution in [-0.4, -0.2) is 57.6 Å². The van der Waals surface area contributed by atoms with Gasteiger partial charge in [0.25, 0.3) is 0 Å². The number of rotatable bonds is 6. The van der Waals surface area contributed by atoms with Crippen molar-refractivity contribution >= 4 is 11.8 Å². The van der Waals surface area contributed by atoms with Crippen LogP contribution >= 0.6 is 0 Å². The summed E-state index contributed by atoms with van der Waals surface area (Å²) in [5.41, 5.74) is 3.94. The third-order valence-corrected chi connectivity index (χ3v) is 5.74. The summed E-state index contributed by atoms with van der Waals surface area (Å²) in [6.45, 7) is 2.34. The molecule has 2 heterocycles. The van der Waals surface area contributed by atoms with Gasteiger partial charge >= 0.3 is 0 Å². The van der Waals surface area contributed by atoms with E-state index >= 15 is 0 Å². The van der Waals surface area contributed by atoms with Gasteiger partial charge in [0.1, 0.15) is 11.8 Å². The molecule has 0 saturated carbocycles. The number of aromatic nitrogens is 1. The molecule has 2 amide bonds. The van der Waals surface area contributed by atoms with Gasteiger partial charge in [0.2, 0.25) is 11.8 Å². The average Bonchev–Trinajstić information content (AvgIpc) is 3.39. The highest BCUT2D eigenvalue weighted by Gasteiger charge is 2.40. The SMILES string of the molecule is Cc1cc(CC(=O)N2C[C@@H](O)C[C@H]2C(=O)N(C)Cc2ccc(-c3ccccc3)cc2)on1. The average molecular weight is 434 g/mol. The number of hydrogen-bond acceptors (Lipinski definition) is 5. The minimum absolute atomic E-state index is 0.0159. The predicted molar refractivity (Wildman–Crippen MR) is 119 cm³/mol. The van der Waals surface area contributed by atoms with E-state index in [9.17, 15) is 14.7 Å². The molecule has 0 bridgehead atoms. The summed E-state index contributed by atoms with van der Waals surface area (Å²) in [5, 5.41) is 13.9. The zero-order valence-electron chi connectivity index (χ0n) is 18.3. The molecule has 1 saturated heterocycles. The van der Waals surface area contributed by atoms with Crippen molar-refractivity contribution < 1.29 is 19.2 Å². The summed E-state index contributed by atoms with van der Waals surface area (Å²) in [4.78, 5) is 29.0. The Hall–Kier alpha value is -3.45. The van der Waals surface area contributed by atoms with Crippen molar-refractivity contribution in [2.75, 3.05) is 13.6 Å². The number of amides is 2. The zero-order valence-corrected chi connectivity index (χ0v) is 18.3. The molecule has 0 radical (unpaired) electrons. The molecular formula is C25H27N3O4. The molecule has 1 fully saturated rings. The van der Waals surface area contributed by atoms with Crippen LogP contribution in [0.3, 0.4) is 0 Å². The van der Waals surface area contributed by atoms with Gasteiger partial charge in [0.15, 0.2) is 0 Å². The van der Waals surface area contributed by atoms with Crippen LogP contribution in [-0.2, 0) is 22.6 Å². The minimum atomic E-state index is -0.720. The van der Waals surface area contributed by atoms with Gasteiger partial charge in [-0.1, -0.05) is 59.8 Å². The summed E-state index contributed by atoms with van der Waals surface area (Å²) in [5.74, 6) is 0.0133. The Bertz CT molecular complexity index is 1080. The van der Waals surface area contributed by atoms with Crippen LogP contribution in [0, 0.1) is 6.92 Å². The molecule has 3 aromatic rings. The standard InChI is InChI=1S/C25H27N3O4/c1-17-12-22(32-26-17)14-24(30)28-16-21(29)13-23(28)25(31)27(2)15-18-8-10-20(11-9-18)19-6-4-3-5-7-19/h3-12,21,23,29H,13-16H2,1-2H3/t21-,23-/m0/s1. The quantitative estimate of drug-likeness (QED) is 0.646. The third-order valence-electron chi connectivity index (χ3n) is 5.74. The number of aliphatic hydroxyl groups is 1. The fourth-order valence-corrected chi connectivity index (χ4v) is 4.11. The van der Waals surface area contributed by atoms with Crippen LogP contribution in [0.25, 0.3) is 11.1 Å². The molecular weight excluding hydrogens is 406 g/mol. The number of carbonyl (C=O) groups excluding carboxylic acids is 2. The summed E-state index contributed by atoms with van der Waals surface area (Å²) in [6.07, 6.45) is -0.470. The Morgan fingerprint density at radius 3 is 2.47 bits per heavy atom. The lowest BCUT2D eigenvalue weighted by Crippen LogP contribution is -2.46. The molecule has 1 aliphatic rings. The lowest BCUT2D eigenvalue weighted by Gasteiger charge is -2.27. The van der Waals surface area contributed by atoms with Gasteiger partial charge < -0.3 is 19.4 Å². The molecule has 1 N–H and O–H groups in total. The summed E-state index contributed by atoms with van der Waals surface area (Å²) in [6, 6.07) is 19.2. The molecule has 2 atom stereocenters. The molecule has 0 unspecified atom stereocenters. The van der Waals surface area contributed by atoms with Crippen LogP contribution in [0.4, 0.5) is 0 Å². The van der Waals surface area contributed by atoms with Crippen molar-refractivity contribution in [3.05, 3.63) is 77.7 Å². The molecule has 1 aromatic heterocycles. The van der Waals surface area contributed by atoms with Crippen molar-refractivity contribution in [2.24, 2.45) is 0 Å². The smallest absolute Gasteiger partial charge is 0.245 e. The number of nitrogens with zero attached hydrogens (tertiary/aromatic N) is 3. The van der Waals surface area contributed by atoms with Crippen LogP contribution < -0.4 is 0 Å². The Labute approximate surface area is 187 Å². The highest BCUT2D eigenvalue weighted by Crippen LogP contribution is 2.23. The maximum Gasteiger partial charge on any atom is 0.245 e. The van der Waals surface area contributed by atoms with Gasteiger partial charge in [-0.05, 0) is 23.6 Å². The van der Waals surface area contributed by atoms with Gasteiger partial charge in [-0.25, -0.2) is 0 Å². The Balaban J connectivity index is 1.41. The molecule has 4 rings (SSSR count). The number of aryl methyl sites for hydroxylation is 1. The molecule has 7 nitrogen and oxygen atoms in total. The van der Waals surface area contributed by atoms with Crippen molar-refractivity contribution in [1.29, 1.82) is 0 Å². The van der Waals surface area contributed by atoms with E-state index in [4.69, 9.17) is 4.52 Å². The molecule has 7 heteroatoms. The number of likely N-dealkylation sites (tertiary alicyclic amines) is 1. The summed E-state index contributed by atoms with van der Waals surface area (Å²) in [7, 11) is 1.72. The van der Waals surface area contributed by atoms with E-state index in [-0.39, 0.29) is 31.2 Å². The van der Waals surface area contributed by atoms with Crippen molar-refractivity contribution in [3.63, 3.8) is 0 Å². The molecule has 32 heavy (non-hydrogen) atoms. The van der Waals surface area contributed by atoms with E-state index in [2.05, 4.69) is 17.3 Å². The molecule has 2 aromatic carbocycles. The van der Waals surface area contributed by atoms with Crippen molar-refractivity contribution in [3.8, 4) is 11.1 Å². The second kappa shape index (κ2) is 9.36. The van der Waals surface area contributed by atoms with E-state index in [1.165, 1.54) is 4.90 Å². The number of hydrogen-bond donors (Lipinski definition) is 1. The fourth-order valence-electron chi connectivity index (χ4n) is 4.11. The molecule has 0 spiro atoms. The first-order valence-electron chi connectivity index (χ1n) is 10.7. The van der Waals surface area contributed by atoms with Crippen molar-refractivity contribution in [2.45, 2.75) is 38.5 Å². The topological polar surface area (TPSA) is 86.9 Å². The van der Waals surface area contributed by atoms with Gasteiger partial charge in [0, 0.05) is 32.6 Å². The molecule has 0 aliphatic carbocycles. The Morgan fingerprint density at radius 1 is 1.12 bits per heavy atom. The largest absolute Gasteiger partial charge is 0.391 e. The lowest BCUT2D eigenvalue weighted by molar-refractivity contribution is -0.143. The normalized spacial score (nSPS) is 18.0. The summed E-state index contributed by atoms with van der Waals surface area (Å²) >= 11 is 0. The van der Waals surface area contributed by atoms with Gasteiger partial charge in [-0.3, -0.25) is 9.59 Å². The second-order valence-electron chi connectivity index (χ2n) is 8.32. The predicted octanol–water partition coefficient (Wildman–Crippen LogP) is 2.81. The number of carbonyl (C=O) groups is 2. The third kappa shape index (κ3) is 4.89. The maximum atomic E-state index is 13.1. The first-order valence-corrected chi connectivity index (χ1v) is 10.7. The van der Waals surface area contributed by atoms with E-state index in [1.54, 1.807) is 24.9 Å². The number of aliphatic hydroxyl groups excluding tert-OH is 1. The van der Waals surface area contributed by atoms with Gasteiger partial charge in [-0.2, -0.15) is 0 Å². The monoisotopic (exact) mass is 433 g/mol. The van der Waals surface area contributed by atoms with Crippen LogP contribution in [0.1, 0.15) is 23.4 Å². The summed E-state index contributed by atoms with van der Waals surface area (Å²) < 4.78 is 5.13. The van der Waals surface area contributed by atoms with E-state index in [0.29, 0.717) is 18.0 Å². The van der Waals surface area contributed by atoms with Gasteiger partial charge in [-0.15, -0.1) is 0 Å². The van der Waals surface area contributed by atoms with E-state index in [1.807, 2.05) is 42.5 Å². The lowest BCUT2D eigenvalue weighted by atomic mass is 10.0. The maximum absolute atomic E-state index is 13.1. The van der Waals surface area contributed by atoms with E-state index in [0.717, 1.165) is 16.7 Å². The van der Waals surface area contributed by atoms with E-state index < -0.39 is 12.1 Å². The first kappa shape index (κ1) is 21.8. The van der Waals surface area contributed by atoms with Gasteiger partial charge in [0.05, 0.1) is 18.2 Å². The fraction of sp³-hybridized carbons (Fsp3) is 0.320. The van der Waals surface area contributed by atoms with Crippen LogP contribution in [0.2, 0.25) is 0 Å². The molecule has 166 valence electrons. The molecule has 1 aliphatic heterocycles. The van der Waals surface area contributed by atoms with Crippen LogP contribution in [0.5, 0.6) is 0 Å². The number of benzene rings is 2.